The first kappa shape index (κ1) is 14.3. The zero-order valence-electron chi connectivity index (χ0n) is 6.99. The fourth-order valence-electron chi connectivity index (χ4n) is 0.829. The second-order valence-electron chi connectivity index (χ2n) is 3.11. The molecular weight excluding hydrogens is 168 g/mol. The van der Waals surface area contributed by atoms with Crippen molar-refractivity contribution in [2.45, 2.75) is 33.1 Å². The van der Waals surface area contributed by atoms with Crippen LogP contribution in [0.5, 0.6) is 0 Å². The van der Waals surface area contributed by atoms with E-state index in [0.717, 1.165) is 12.3 Å². The Bertz CT molecular complexity index is 102. The van der Waals surface area contributed by atoms with Gasteiger partial charge in [-0.15, -0.1) is 18.2 Å². The summed E-state index contributed by atoms with van der Waals surface area (Å²) in [5, 5.41) is 0. The minimum absolute atomic E-state index is 0. The standard InChI is InChI=1S/C9H17Cl.Mg.2H/c1-8(2)5-4-6-9(3)7-10;;;/h9H,1,4-7H2,2-3H3;;;. The van der Waals surface area contributed by atoms with Crippen LogP contribution < -0.4 is 0 Å². The van der Waals surface area contributed by atoms with Crippen molar-refractivity contribution < 1.29 is 0 Å². The van der Waals surface area contributed by atoms with Crippen LogP contribution >= 0.6 is 11.6 Å². The van der Waals surface area contributed by atoms with E-state index in [2.05, 4.69) is 20.4 Å². The molecule has 0 aliphatic heterocycles. The highest BCUT2D eigenvalue weighted by Gasteiger charge is 1.98. The van der Waals surface area contributed by atoms with E-state index in [1.54, 1.807) is 0 Å². The molecule has 0 aromatic carbocycles. The molecular formula is C9H19ClMg. The van der Waals surface area contributed by atoms with Gasteiger partial charge in [0.2, 0.25) is 0 Å². The van der Waals surface area contributed by atoms with Gasteiger partial charge in [-0.25, -0.2) is 0 Å². The van der Waals surface area contributed by atoms with E-state index in [1.807, 2.05) is 0 Å². The first-order chi connectivity index (χ1) is 4.66. The third-order valence-electron chi connectivity index (χ3n) is 1.56. The molecule has 1 unspecified atom stereocenters. The summed E-state index contributed by atoms with van der Waals surface area (Å²) in [5.41, 5.74) is 1.28. The van der Waals surface area contributed by atoms with Crippen molar-refractivity contribution in [1.82, 2.24) is 0 Å². The van der Waals surface area contributed by atoms with E-state index in [9.17, 15) is 0 Å². The predicted octanol–water partition coefficient (Wildman–Crippen LogP) is 2.69. The fourth-order valence-corrected chi connectivity index (χ4v) is 0.984. The normalized spacial score (nSPS) is 11.9. The summed E-state index contributed by atoms with van der Waals surface area (Å²) in [6, 6.07) is 0. The van der Waals surface area contributed by atoms with Crippen molar-refractivity contribution in [3.05, 3.63) is 12.2 Å². The summed E-state index contributed by atoms with van der Waals surface area (Å²) >= 11 is 5.64. The average molecular weight is 187 g/mol. The molecule has 0 spiro atoms. The molecule has 0 aromatic rings. The van der Waals surface area contributed by atoms with Crippen LogP contribution in [0.15, 0.2) is 12.2 Å². The van der Waals surface area contributed by atoms with Gasteiger partial charge in [0.25, 0.3) is 0 Å². The van der Waals surface area contributed by atoms with Crippen molar-refractivity contribution in [3.63, 3.8) is 0 Å². The second-order valence-corrected chi connectivity index (χ2v) is 3.42. The van der Waals surface area contributed by atoms with Gasteiger partial charge in [-0.1, -0.05) is 12.5 Å². The molecule has 11 heavy (non-hydrogen) atoms. The highest BCUT2D eigenvalue weighted by atomic mass is 35.5. The maximum Gasteiger partial charge on any atom is 0.316 e. The van der Waals surface area contributed by atoms with E-state index in [0.29, 0.717) is 5.92 Å². The van der Waals surface area contributed by atoms with Crippen LogP contribution in [0.25, 0.3) is 0 Å². The van der Waals surface area contributed by atoms with E-state index >= 15 is 0 Å². The Kier molecular flexibility index (Phi) is 11.6. The summed E-state index contributed by atoms with van der Waals surface area (Å²) in [7, 11) is 0. The molecule has 0 rings (SSSR count). The van der Waals surface area contributed by atoms with Gasteiger partial charge in [-0.3, -0.25) is 0 Å². The van der Waals surface area contributed by atoms with Gasteiger partial charge in [-0.05, 0) is 32.1 Å². The van der Waals surface area contributed by atoms with E-state index < -0.39 is 0 Å². The van der Waals surface area contributed by atoms with Crippen molar-refractivity contribution in [2.75, 3.05) is 5.88 Å². The zero-order valence-corrected chi connectivity index (χ0v) is 7.75. The Morgan fingerprint density at radius 1 is 1.55 bits per heavy atom. The van der Waals surface area contributed by atoms with Gasteiger partial charge in [0.05, 0.1) is 0 Å². The van der Waals surface area contributed by atoms with Crippen molar-refractivity contribution >= 4 is 34.7 Å². The molecule has 0 N–H and O–H groups in total. The summed E-state index contributed by atoms with van der Waals surface area (Å²) in [6.07, 6.45) is 3.63. The quantitative estimate of drug-likeness (QED) is 0.352. The molecule has 64 valence electrons. The highest BCUT2D eigenvalue weighted by molar-refractivity contribution is 6.18. The zero-order chi connectivity index (χ0) is 7.98. The number of hydrogen-bond donors (Lipinski definition) is 0. The fraction of sp³-hybridized carbons (Fsp3) is 0.778. The third-order valence-corrected chi connectivity index (χ3v) is 2.09. The number of alkyl halides is 1. The summed E-state index contributed by atoms with van der Waals surface area (Å²) in [6.45, 7) is 8.11. The summed E-state index contributed by atoms with van der Waals surface area (Å²) < 4.78 is 0. The minimum atomic E-state index is 0. The molecule has 0 aliphatic rings. The van der Waals surface area contributed by atoms with Crippen LogP contribution in [-0.2, 0) is 0 Å². The van der Waals surface area contributed by atoms with Crippen LogP contribution in [0.2, 0.25) is 0 Å². The van der Waals surface area contributed by atoms with Gasteiger partial charge < -0.3 is 0 Å². The van der Waals surface area contributed by atoms with E-state index in [-0.39, 0.29) is 23.1 Å². The van der Waals surface area contributed by atoms with Crippen LogP contribution in [0.4, 0.5) is 0 Å². The molecule has 0 radical (unpaired) electrons. The maximum atomic E-state index is 5.64. The molecule has 2 heteroatoms. The van der Waals surface area contributed by atoms with Crippen molar-refractivity contribution in [3.8, 4) is 0 Å². The lowest BCUT2D eigenvalue weighted by molar-refractivity contribution is 0.560. The number of hydrogen-bond acceptors (Lipinski definition) is 0. The Balaban J connectivity index is 0. The van der Waals surface area contributed by atoms with Gasteiger partial charge in [0, 0.05) is 5.88 Å². The van der Waals surface area contributed by atoms with Crippen molar-refractivity contribution in [1.29, 1.82) is 0 Å². The smallest absolute Gasteiger partial charge is 0.126 e. The molecule has 0 saturated carbocycles. The van der Waals surface area contributed by atoms with Gasteiger partial charge >= 0.3 is 23.1 Å². The lowest BCUT2D eigenvalue weighted by Crippen LogP contribution is -1.95. The molecule has 0 nitrogen and oxygen atoms in total. The number of allylic oxidation sites excluding steroid dienone is 1. The molecule has 1 atom stereocenters. The summed E-state index contributed by atoms with van der Waals surface area (Å²) in [5.74, 6) is 1.46. The monoisotopic (exact) mass is 186 g/mol. The minimum Gasteiger partial charge on any atom is -0.126 e. The Labute approximate surface area is 91.5 Å². The lowest BCUT2D eigenvalue weighted by atomic mass is 10.0. The van der Waals surface area contributed by atoms with Gasteiger partial charge in [-0.2, -0.15) is 0 Å². The highest BCUT2D eigenvalue weighted by Crippen LogP contribution is 2.11. The number of rotatable bonds is 5. The molecule has 0 bridgehead atoms. The van der Waals surface area contributed by atoms with Gasteiger partial charge in [0.1, 0.15) is 0 Å². The summed E-state index contributed by atoms with van der Waals surface area (Å²) in [4.78, 5) is 0. The molecule has 0 aromatic heterocycles. The molecule has 0 saturated heterocycles. The first-order valence-corrected chi connectivity index (χ1v) is 4.40. The van der Waals surface area contributed by atoms with E-state index in [4.69, 9.17) is 11.6 Å². The Morgan fingerprint density at radius 2 is 2.09 bits per heavy atom. The molecule has 0 heterocycles. The topological polar surface area (TPSA) is 0 Å². The van der Waals surface area contributed by atoms with Crippen LogP contribution in [0, 0.1) is 5.92 Å². The SMILES string of the molecule is C=C(C)CCCC(C)CCl.[MgH2]. The third kappa shape index (κ3) is 10.8. The molecule has 0 fully saturated rings. The van der Waals surface area contributed by atoms with Gasteiger partial charge in [0.15, 0.2) is 0 Å². The molecule has 0 aliphatic carbocycles. The Morgan fingerprint density at radius 3 is 2.45 bits per heavy atom. The maximum absolute atomic E-state index is 5.64. The number of halogens is 1. The van der Waals surface area contributed by atoms with Crippen molar-refractivity contribution in [2.24, 2.45) is 5.92 Å². The van der Waals surface area contributed by atoms with Crippen LogP contribution in [0.3, 0.4) is 0 Å². The predicted molar refractivity (Wildman–Crippen MR) is 57.1 cm³/mol. The largest absolute Gasteiger partial charge is 0.316 e. The second kappa shape index (κ2) is 8.89. The average Bonchev–Trinajstić information content (AvgIpc) is 1.87. The Hall–Kier alpha value is 0.796. The van der Waals surface area contributed by atoms with E-state index in [1.165, 1.54) is 18.4 Å². The lowest BCUT2D eigenvalue weighted by Gasteiger charge is -2.05. The van der Waals surface area contributed by atoms with Crippen LogP contribution in [0.1, 0.15) is 33.1 Å². The van der Waals surface area contributed by atoms with Crippen LogP contribution in [-0.4, -0.2) is 28.9 Å². The molecule has 0 amide bonds. The first-order valence-electron chi connectivity index (χ1n) is 3.87.